The minimum absolute atomic E-state index is 0.138. The summed E-state index contributed by atoms with van der Waals surface area (Å²) in [5, 5.41) is 8.15. The van der Waals surface area contributed by atoms with Crippen LogP contribution in [-0.4, -0.2) is 27.7 Å². The molecule has 0 unspecified atom stereocenters. The number of nitrogens with zero attached hydrogens (tertiary/aromatic N) is 3. The molecule has 2 heterocycles. The van der Waals surface area contributed by atoms with Crippen LogP contribution in [0.3, 0.4) is 0 Å². The number of fused-ring (bicyclic) bond motifs is 1. The van der Waals surface area contributed by atoms with Gasteiger partial charge in [0.2, 0.25) is 0 Å². The SMILES string of the molecule is O=C1CN2N=C(c3ccc(Cl)cc3)SC2=N1. The Morgan fingerprint density at radius 1 is 1.31 bits per heavy atom. The summed E-state index contributed by atoms with van der Waals surface area (Å²) in [6, 6.07) is 7.43. The average molecular weight is 252 g/mol. The predicted octanol–water partition coefficient (Wildman–Crippen LogP) is 1.95. The van der Waals surface area contributed by atoms with E-state index in [1.54, 1.807) is 5.01 Å². The molecule has 16 heavy (non-hydrogen) atoms. The van der Waals surface area contributed by atoms with Crippen LogP contribution in [0.25, 0.3) is 0 Å². The van der Waals surface area contributed by atoms with Crippen molar-refractivity contribution in [2.45, 2.75) is 0 Å². The number of benzene rings is 1. The maximum Gasteiger partial charge on any atom is 0.269 e. The van der Waals surface area contributed by atoms with Crippen LogP contribution >= 0.6 is 23.4 Å². The Bertz CT molecular complexity index is 523. The van der Waals surface area contributed by atoms with Gasteiger partial charge in [-0.2, -0.15) is 10.1 Å². The monoisotopic (exact) mass is 251 g/mol. The second kappa shape index (κ2) is 3.61. The highest BCUT2D eigenvalue weighted by molar-refractivity contribution is 8.27. The number of carbonyl (C=O) groups is 1. The van der Waals surface area contributed by atoms with Crippen LogP contribution in [0.1, 0.15) is 5.56 Å². The van der Waals surface area contributed by atoms with E-state index in [0.29, 0.717) is 10.2 Å². The highest BCUT2D eigenvalue weighted by atomic mass is 35.5. The largest absolute Gasteiger partial charge is 0.270 e. The molecule has 1 aromatic rings. The Morgan fingerprint density at radius 2 is 2.06 bits per heavy atom. The lowest BCUT2D eigenvalue weighted by molar-refractivity contribution is -0.117. The molecule has 4 nitrogen and oxygen atoms in total. The normalized spacial score (nSPS) is 18.6. The van der Waals surface area contributed by atoms with Crippen molar-refractivity contribution in [1.82, 2.24) is 5.01 Å². The number of halogens is 1. The molecule has 80 valence electrons. The van der Waals surface area contributed by atoms with Gasteiger partial charge in [-0.3, -0.25) is 4.79 Å². The molecule has 1 aromatic carbocycles. The zero-order valence-corrected chi connectivity index (χ0v) is 9.63. The van der Waals surface area contributed by atoms with Crippen LogP contribution in [0.15, 0.2) is 34.4 Å². The van der Waals surface area contributed by atoms with E-state index in [2.05, 4.69) is 10.1 Å². The van der Waals surface area contributed by atoms with Crippen LogP contribution in [0.5, 0.6) is 0 Å². The van der Waals surface area contributed by atoms with E-state index in [0.717, 1.165) is 10.6 Å². The third-order valence-corrected chi connectivity index (χ3v) is 3.46. The second-order valence-corrected chi connectivity index (χ2v) is 4.75. The Hall–Kier alpha value is -1.33. The van der Waals surface area contributed by atoms with Crippen molar-refractivity contribution < 1.29 is 4.79 Å². The summed E-state index contributed by atoms with van der Waals surface area (Å²) in [5.41, 5.74) is 0.985. The van der Waals surface area contributed by atoms with Gasteiger partial charge in [0.15, 0.2) is 5.17 Å². The molecule has 3 rings (SSSR count). The van der Waals surface area contributed by atoms with E-state index in [-0.39, 0.29) is 12.5 Å². The van der Waals surface area contributed by atoms with E-state index in [4.69, 9.17) is 11.6 Å². The summed E-state index contributed by atoms with van der Waals surface area (Å²) < 4.78 is 0. The minimum Gasteiger partial charge on any atom is -0.270 e. The maximum atomic E-state index is 11.0. The molecule has 0 atom stereocenters. The first kappa shape index (κ1) is 9.86. The topological polar surface area (TPSA) is 45.0 Å². The van der Waals surface area contributed by atoms with Gasteiger partial charge in [0, 0.05) is 10.6 Å². The zero-order valence-electron chi connectivity index (χ0n) is 8.05. The van der Waals surface area contributed by atoms with Crippen molar-refractivity contribution >= 4 is 39.5 Å². The Labute approximate surface area is 101 Å². The first-order chi connectivity index (χ1) is 7.72. The van der Waals surface area contributed by atoms with Crippen molar-refractivity contribution in [2.24, 2.45) is 10.1 Å². The number of hydrogen-bond acceptors (Lipinski definition) is 4. The summed E-state index contributed by atoms with van der Waals surface area (Å²) in [6.07, 6.45) is 0. The minimum atomic E-state index is -0.138. The predicted molar refractivity (Wildman–Crippen MR) is 64.7 cm³/mol. The summed E-state index contributed by atoms with van der Waals surface area (Å²) in [4.78, 5) is 14.9. The molecule has 0 N–H and O–H groups in total. The smallest absolute Gasteiger partial charge is 0.269 e. The fourth-order valence-electron chi connectivity index (χ4n) is 1.47. The number of hydrogen-bond donors (Lipinski definition) is 0. The fourth-order valence-corrected chi connectivity index (χ4v) is 2.53. The van der Waals surface area contributed by atoms with Crippen molar-refractivity contribution in [3.05, 3.63) is 34.9 Å². The molecule has 0 fully saturated rings. The van der Waals surface area contributed by atoms with E-state index < -0.39 is 0 Å². The van der Waals surface area contributed by atoms with Gasteiger partial charge in [-0.25, -0.2) is 5.01 Å². The summed E-state index contributed by atoms with van der Waals surface area (Å²) in [7, 11) is 0. The van der Waals surface area contributed by atoms with Crippen molar-refractivity contribution in [1.29, 1.82) is 0 Å². The molecule has 1 amide bonds. The van der Waals surface area contributed by atoms with Crippen LogP contribution in [-0.2, 0) is 4.79 Å². The molecule has 0 bridgehead atoms. The average Bonchev–Trinajstić information content (AvgIpc) is 2.75. The highest BCUT2D eigenvalue weighted by Crippen LogP contribution is 2.28. The van der Waals surface area contributed by atoms with Gasteiger partial charge in [-0.15, -0.1) is 0 Å². The molecule has 0 aromatic heterocycles. The fraction of sp³-hybridized carbons (Fsp3) is 0.100. The maximum absolute atomic E-state index is 11.0. The first-order valence-electron chi connectivity index (χ1n) is 4.64. The van der Waals surface area contributed by atoms with Crippen molar-refractivity contribution in [3.8, 4) is 0 Å². The molecule has 0 aliphatic carbocycles. The lowest BCUT2D eigenvalue weighted by Gasteiger charge is -2.01. The Morgan fingerprint density at radius 3 is 2.75 bits per heavy atom. The van der Waals surface area contributed by atoms with Crippen LogP contribution in [0.4, 0.5) is 0 Å². The van der Waals surface area contributed by atoms with E-state index in [9.17, 15) is 4.79 Å². The van der Waals surface area contributed by atoms with Gasteiger partial charge in [-0.1, -0.05) is 23.7 Å². The summed E-state index contributed by atoms with van der Waals surface area (Å²) in [6.45, 7) is 0.249. The molecule has 0 radical (unpaired) electrons. The summed E-state index contributed by atoms with van der Waals surface area (Å²) in [5.74, 6) is -0.138. The van der Waals surface area contributed by atoms with Gasteiger partial charge in [0.1, 0.15) is 11.6 Å². The Balaban J connectivity index is 1.89. The van der Waals surface area contributed by atoms with Gasteiger partial charge < -0.3 is 0 Å². The third kappa shape index (κ3) is 1.62. The quantitative estimate of drug-likeness (QED) is 0.766. The van der Waals surface area contributed by atoms with Gasteiger partial charge in [0.05, 0.1) is 0 Å². The van der Waals surface area contributed by atoms with E-state index in [1.165, 1.54) is 11.8 Å². The number of aliphatic imine (C=N–C) groups is 1. The van der Waals surface area contributed by atoms with Gasteiger partial charge in [0.25, 0.3) is 5.91 Å². The number of thioether (sulfide) groups is 1. The van der Waals surface area contributed by atoms with Crippen molar-refractivity contribution in [3.63, 3.8) is 0 Å². The third-order valence-electron chi connectivity index (χ3n) is 2.22. The van der Waals surface area contributed by atoms with E-state index in [1.807, 2.05) is 24.3 Å². The molecule has 0 saturated heterocycles. The van der Waals surface area contributed by atoms with Crippen LogP contribution in [0, 0.1) is 0 Å². The number of amides is 1. The lowest BCUT2D eigenvalue weighted by atomic mass is 10.2. The standard InChI is InChI=1S/C10H6ClN3OS/c11-7-3-1-6(2-4-7)9-13-14-5-8(15)12-10(14)16-9/h1-4H,5H2. The molecular formula is C10H6ClN3OS. The molecular weight excluding hydrogens is 246 g/mol. The van der Waals surface area contributed by atoms with Gasteiger partial charge >= 0.3 is 0 Å². The molecule has 2 aliphatic heterocycles. The highest BCUT2D eigenvalue weighted by Gasteiger charge is 2.31. The number of amidine groups is 1. The first-order valence-corrected chi connectivity index (χ1v) is 5.83. The van der Waals surface area contributed by atoms with Crippen LogP contribution in [0.2, 0.25) is 5.02 Å². The number of hydrazone groups is 1. The Kier molecular flexibility index (Phi) is 2.22. The molecule has 2 aliphatic rings. The lowest BCUT2D eigenvalue weighted by Crippen LogP contribution is -2.16. The molecule has 0 spiro atoms. The zero-order chi connectivity index (χ0) is 11.1. The van der Waals surface area contributed by atoms with E-state index >= 15 is 0 Å². The molecule has 6 heteroatoms. The number of rotatable bonds is 1. The summed E-state index contributed by atoms with van der Waals surface area (Å²) >= 11 is 7.21. The second-order valence-electron chi connectivity index (χ2n) is 3.36. The number of carbonyl (C=O) groups excluding carboxylic acids is 1. The van der Waals surface area contributed by atoms with Gasteiger partial charge in [-0.05, 0) is 23.9 Å². The van der Waals surface area contributed by atoms with Crippen molar-refractivity contribution in [2.75, 3.05) is 6.54 Å². The van der Waals surface area contributed by atoms with Crippen LogP contribution < -0.4 is 0 Å². The molecule has 0 saturated carbocycles.